The molecular weight excluding hydrogens is 464 g/mol. The Bertz CT molecular complexity index is 1400. The quantitative estimate of drug-likeness (QED) is 0.278. The van der Waals surface area contributed by atoms with Crippen molar-refractivity contribution in [2.75, 3.05) is 28.4 Å². The number of carbonyl (C=O) groups is 2. The molecular formula is C28H24O8. The van der Waals surface area contributed by atoms with Gasteiger partial charge < -0.3 is 28.4 Å². The van der Waals surface area contributed by atoms with E-state index in [2.05, 4.69) is 0 Å². The van der Waals surface area contributed by atoms with Crippen LogP contribution in [0.25, 0.3) is 6.08 Å². The van der Waals surface area contributed by atoms with E-state index >= 15 is 0 Å². The maximum absolute atomic E-state index is 13.4. The molecule has 5 rings (SSSR count). The number of rotatable bonds is 6. The molecule has 0 saturated heterocycles. The Kier molecular flexibility index (Phi) is 6.01. The van der Waals surface area contributed by atoms with E-state index in [9.17, 15) is 9.59 Å². The van der Waals surface area contributed by atoms with Crippen molar-refractivity contribution in [1.82, 2.24) is 0 Å². The highest BCUT2D eigenvalue weighted by Crippen LogP contribution is 2.50. The fourth-order valence-electron chi connectivity index (χ4n) is 4.71. The minimum absolute atomic E-state index is 0.0872. The Morgan fingerprint density at radius 3 is 2.28 bits per heavy atom. The average Bonchev–Trinajstić information content (AvgIpc) is 3.22. The first-order valence-electron chi connectivity index (χ1n) is 11.2. The molecule has 0 spiro atoms. The summed E-state index contributed by atoms with van der Waals surface area (Å²) in [6.07, 6.45) is 1.69. The second kappa shape index (κ2) is 9.30. The van der Waals surface area contributed by atoms with Crippen molar-refractivity contribution < 1.29 is 38.0 Å². The van der Waals surface area contributed by atoms with Gasteiger partial charge in [0.05, 0.1) is 40.4 Å². The third-order valence-electron chi connectivity index (χ3n) is 6.32. The van der Waals surface area contributed by atoms with Crippen LogP contribution in [-0.4, -0.2) is 40.2 Å². The van der Waals surface area contributed by atoms with Crippen LogP contribution in [0.4, 0.5) is 0 Å². The van der Waals surface area contributed by atoms with Crippen molar-refractivity contribution in [1.29, 1.82) is 0 Å². The van der Waals surface area contributed by atoms with Crippen LogP contribution >= 0.6 is 0 Å². The number of allylic oxidation sites excluding steroid dienone is 1. The van der Waals surface area contributed by atoms with Crippen LogP contribution in [0.2, 0.25) is 0 Å². The monoisotopic (exact) mass is 488 g/mol. The van der Waals surface area contributed by atoms with Gasteiger partial charge in [-0.25, -0.2) is 0 Å². The zero-order valence-corrected chi connectivity index (χ0v) is 20.2. The molecule has 0 N–H and O–H groups in total. The Morgan fingerprint density at radius 2 is 1.56 bits per heavy atom. The van der Waals surface area contributed by atoms with Gasteiger partial charge in [0.1, 0.15) is 17.2 Å². The van der Waals surface area contributed by atoms with Crippen LogP contribution in [0.15, 0.2) is 54.3 Å². The number of ketones is 1. The van der Waals surface area contributed by atoms with Crippen LogP contribution in [0.5, 0.6) is 34.5 Å². The molecule has 0 saturated carbocycles. The molecule has 2 aliphatic rings. The lowest BCUT2D eigenvalue weighted by Crippen LogP contribution is -2.22. The molecule has 1 atom stereocenters. The van der Waals surface area contributed by atoms with Crippen molar-refractivity contribution in [2.45, 2.75) is 12.3 Å². The molecule has 2 aliphatic heterocycles. The highest BCUT2D eigenvalue weighted by atomic mass is 16.5. The maximum atomic E-state index is 13.4. The SMILES string of the molecule is COc1ccccc1[C@H]1CC(=O)Oc2ccc3c(c21)O/C(=C\c1ccc(OC)c(OC)c1OC)C3=O. The number of fused-ring (bicyclic) bond motifs is 3. The summed E-state index contributed by atoms with van der Waals surface area (Å²) >= 11 is 0. The molecule has 0 aliphatic carbocycles. The van der Waals surface area contributed by atoms with Gasteiger partial charge in [-0.3, -0.25) is 9.59 Å². The van der Waals surface area contributed by atoms with Crippen LogP contribution < -0.4 is 28.4 Å². The summed E-state index contributed by atoms with van der Waals surface area (Å²) in [5.74, 6) is 1.70. The number of Topliss-reactive ketones (excluding diaryl/α,β-unsaturated/α-hetero) is 1. The van der Waals surface area contributed by atoms with Crippen LogP contribution in [0.3, 0.4) is 0 Å². The maximum Gasteiger partial charge on any atom is 0.312 e. The second-order valence-electron chi connectivity index (χ2n) is 8.19. The van der Waals surface area contributed by atoms with Crippen molar-refractivity contribution in [3.05, 3.63) is 76.5 Å². The van der Waals surface area contributed by atoms with Gasteiger partial charge in [0, 0.05) is 22.6 Å². The highest BCUT2D eigenvalue weighted by molar-refractivity contribution is 6.15. The Balaban J connectivity index is 1.62. The molecule has 8 heteroatoms. The van der Waals surface area contributed by atoms with E-state index < -0.39 is 5.92 Å². The van der Waals surface area contributed by atoms with Gasteiger partial charge in [0.2, 0.25) is 11.5 Å². The van der Waals surface area contributed by atoms with Gasteiger partial charge in [-0.05, 0) is 36.4 Å². The van der Waals surface area contributed by atoms with E-state index in [1.54, 1.807) is 37.5 Å². The Morgan fingerprint density at radius 1 is 0.806 bits per heavy atom. The summed E-state index contributed by atoms with van der Waals surface area (Å²) < 4.78 is 33.6. The normalized spacial score (nSPS) is 17.1. The predicted octanol–water partition coefficient (Wildman–Crippen LogP) is 4.78. The lowest BCUT2D eigenvalue weighted by atomic mass is 9.84. The molecule has 3 aromatic carbocycles. The molecule has 0 radical (unpaired) electrons. The molecule has 184 valence electrons. The first-order chi connectivity index (χ1) is 17.5. The number of methoxy groups -OCH3 is 4. The number of para-hydroxylation sites is 1. The summed E-state index contributed by atoms with van der Waals surface area (Å²) in [6.45, 7) is 0. The number of hydrogen-bond acceptors (Lipinski definition) is 8. The van der Waals surface area contributed by atoms with Crippen molar-refractivity contribution in [3.8, 4) is 34.5 Å². The van der Waals surface area contributed by atoms with E-state index in [4.69, 9.17) is 28.4 Å². The van der Waals surface area contributed by atoms with Crippen molar-refractivity contribution in [3.63, 3.8) is 0 Å². The highest BCUT2D eigenvalue weighted by Gasteiger charge is 2.39. The zero-order chi connectivity index (χ0) is 25.4. The predicted molar refractivity (Wildman–Crippen MR) is 131 cm³/mol. The van der Waals surface area contributed by atoms with E-state index in [0.29, 0.717) is 51.2 Å². The Hall–Kier alpha value is -4.46. The smallest absolute Gasteiger partial charge is 0.312 e. The lowest BCUT2D eigenvalue weighted by molar-refractivity contribution is -0.135. The number of ether oxygens (including phenoxy) is 6. The van der Waals surface area contributed by atoms with Gasteiger partial charge >= 0.3 is 5.97 Å². The first kappa shape index (κ1) is 23.3. The van der Waals surface area contributed by atoms with Gasteiger partial charge in [0.25, 0.3) is 0 Å². The number of carbonyl (C=O) groups excluding carboxylic acids is 2. The zero-order valence-electron chi connectivity index (χ0n) is 20.2. The lowest BCUT2D eigenvalue weighted by Gasteiger charge is -2.27. The molecule has 2 heterocycles. The van der Waals surface area contributed by atoms with E-state index in [1.807, 2.05) is 24.3 Å². The Labute approximate surface area is 207 Å². The number of hydrogen-bond donors (Lipinski definition) is 0. The minimum Gasteiger partial charge on any atom is -0.496 e. The summed E-state index contributed by atoms with van der Waals surface area (Å²) in [5.41, 5.74) is 2.40. The molecule has 3 aromatic rings. The molecule has 0 aromatic heterocycles. The third-order valence-corrected chi connectivity index (χ3v) is 6.32. The standard InChI is InChI=1S/C28H24O8/c1-31-19-8-6-5-7-16(19)18-14-23(29)35-20-12-10-17-25(30)22(36-27(17)24(18)20)13-15-9-11-21(32-2)28(34-4)26(15)33-3/h5-13,18H,14H2,1-4H3/b22-13-/t18-/m1/s1. The van der Waals surface area contributed by atoms with Gasteiger partial charge in [-0.1, -0.05) is 18.2 Å². The van der Waals surface area contributed by atoms with E-state index in [0.717, 1.165) is 5.56 Å². The van der Waals surface area contributed by atoms with Crippen molar-refractivity contribution >= 4 is 17.8 Å². The molecule has 0 unspecified atom stereocenters. The average molecular weight is 488 g/mol. The number of esters is 1. The van der Waals surface area contributed by atoms with Crippen LogP contribution in [0.1, 0.15) is 39.4 Å². The number of benzene rings is 3. The molecule has 0 fully saturated rings. The summed E-state index contributed by atoms with van der Waals surface area (Å²) in [6, 6.07) is 14.2. The first-order valence-corrected chi connectivity index (χ1v) is 11.2. The fraction of sp³-hybridized carbons (Fsp3) is 0.214. The van der Waals surface area contributed by atoms with Gasteiger partial charge in [0.15, 0.2) is 17.3 Å². The summed E-state index contributed by atoms with van der Waals surface area (Å²) in [7, 11) is 6.13. The van der Waals surface area contributed by atoms with Gasteiger partial charge in [-0.2, -0.15) is 0 Å². The summed E-state index contributed by atoms with van der Waals surface area (Å²) in [4.78, 5) is 25.8. The molecule has 0 bridgehead atoms. The largest absolute Gasteiger partial charge is 0.496 e. The minimum atomic E-state index is -0.407. The molecule has 36 heavy (non-hydrogen) atoms. The molecule has 0 amide bonds. The topological polar surface area (TPSA) is 89.5 Å². The second-order valence-corrected chi connectivity index (χ2v) is 8.19. The van der Waals surface area contributed by atoms with Gasteiger partial charge in [-0.15, -0.1) is 0 Å². The summed E-state index contributed by atoms with van der Waals surface area (Å²) in [5, 5.41) is 0. The van der Waals surface area contributed by atoms with Crippen LogP contribution in [-0.2, 0) is 4.79 Å². The molecule has 8 nitrogen and oxygen atoms in total. The van der Waals surface area contributed by atoms with Crippen molar-refractivity contribution in [2.24, 2.45) is 0 Å². The third kappa shape index (κ3) is 3.71. The fourth-order valence-corrected chi connectivity index (χ4v) is 4.71. The van der Waals surface area contributed by atoms with Crippen LogP contribution in [0, 0.1) is 0 Å². The van der Waals surface area contributed by atoms with E-state index in [-0.39, 0.29) is 23.9 Å². The van der Waals surface area contributed by atoms with E-state index in [1.165, 1.54) is 21.3 Å².